The Morgan fingerprint density at radius 1 is 1.17 bits per heavy atom. The number of anilines is 1. The third-order valence-corrected chi connectivity index (χ3v) is 7.76. The van der Waals surface area contributed by atoms with Crippen molar-refractivity contribution in [2.45, 2.75) is 31.0 Å². The van der Waals surface area contributed by atoms with Gasteiger partial charge in [-0.25, -0.2) is 9.37 Å². The summed E-state index contributed by atoms with van der Waals surface area (Å²) in [5.41, 5.74) is 0.561. The van der Waals surface area contributed by atoms with Gasteiger partial charge in [0.25, 0.3) is 11.8 Å². The van der Waals surface area contributed by atoms with Gasteiger partial charge in [-0.05, 0) is 43.2 Å². The van der Waals surface area contributed by atoms with Gasteiger partial charge in [0.1, 0.15) is 0 Å². The third kappa shape index (κ3) is 5.80. The molecule has 5 rings (SSSR count). The number of benzene rings is 2. The maximum absolute atomic E-state index is 14.6. The molecule has 2 saturated heterocycles. The van der Waals surface area contributed by atoms with Crippen molar-refractivity contribution in [1.29, 1.82) is 0 Å². The molecule has 3 atom stereocenters. The van der Waals surface area contributed by atoms with E-state index in [0.29, 0.717) is 32.5 Å². The molecule has 4 N–H and O–H groups in total. The van der Waals surface area contributed by atoms with Crippen LogP contribution in [0.25, 0.3) is 11.3 Å². The van der Waals surface area contributed by atoms with Gasteiger partial charge in [-0.3, -0.25) is 14.4 Å². The number of aliphatic hydroxyl groups is 1. The van der Waals surface area contributed by atoms with Crippen LogP contribution in [0.4, 0.5) is 14.5 Å². The number of nitrogens with one attached hydrogen (secondary N) is 3. The summed E-state index contributed by atoms with van der Waals surface area (Å²) in [7, 11) is 2.72. The first-order valence-corrected chi connectivity index (χ1v) is 13.6. The lowest BCUT2D eigenvalue weighted by Gasteiger charge is -2.21. The molecule has 222 valence electrons. The summed E-state index contributed by atoms with van der Waals surface area (Å²) in [6.07, 6.45) is 1.67. The highest BCUT2D eigenvalue weighted by molar-refractivity contribution is 6.34. The summed E-state index contributed by atoms with van der Waals surface area (Å²) < 4.78 is 34.9. The summed E-state index contributed by atoms with van der Waals surface area (Å²) in [5, 5.41) is 18.3. The number of aliphatic hydroxyl groups excluding tert-OH is 1. The molecule has 0 aliphatic carbocycles. The van der Waals surface area contributed by atoms with Crippen molar-refractivity contribution >= 4 is 35.0 Å². The first-order chi connectivity index (χ1) is 20.1. The van der Waals surface area contributed by atoms with Crippen molar-refractivity contribution in [2.75, 3.05) is 32.1 Å². The van der Waals surface area contributed by atoms with Crippen LogP contribution >= 0.6 is 11.6 Å². The highest BCUT2D eigenvalue weighted by Crippen LogP contribution is 2.30. The molecule has 14 heteroatoms. The molecule has 42 heavy (non-hydrogen) atoms. The molecule has 0 spiro atoms. The number of aromatic nitrogens is 2. The van der Waals surface area contributed by atoms with Gasteiger partial charge in [-0.2, -0.15) is 4.39 Å². The monoisotopic (exact) mass is 602 g/mol. The lowest BCUT2D eigenvalue weighted by Crippen LogP contribution is -2.44. The number of amides is 3. The molecule has 2 fully saturated rings. The van der Waals surface area contributed by atoms with E-state index in [1.807, 2.05) is 0 Å². The van der Waals surface area contributed by atoms with Crippen LogP contribution in [-0.4, -0.2) is 82.2 Å². The van der Waals surface area contributed by atoms with Crippen LogP contribution < -0.4 is 20.7 Å². The Morgan fingerprint density at radius 2 is 1.95 bits per heavy atom. The summed E-state index contributed by atoms with van der Waals surface area (Å²) in [6, 6.07) is 6.32. The number of rotatable bonds is 7. The zero-order valence-corrected chi connectivity index (χ0v) is 23.5. The fourth-order valence-corrected chi connectivity index (χ4v) is 5.46. The van der Waals surface area contributed by atoms with Crippen LogP contribution in [0, 0.1) is 11.6 Å². The molecule has 3 heterocycles. The predicted octanol–water partition coefficient (Wildman–Crippen LogP) is 2.33. The maximum atomic E-state index is 14.6. The zero-order valence-electron chi connectivity index (χ0n) is 22.8. The van der Waals surface area contributed by atoms with Crippen molar-refractivity contribution in [3.63, 3.8) is 0 Å². The number of ether oxygens (including phenoxy) is 1. The lowest BCUT2D eigenvalue weighted by molar-refractivity contribution is -0.132. The van der Waals surface area contributed by atoms with Gasteiger partial charge >= 0.3 is 0 Å². The number of hydrogen-bond donors (Lipinski definition) is 4. The molecule has 0 bridgehead atoms. The van der Waals surface area contributed by atoms with E-state index < -0.39 is 35.6 Å². The van der Waals surface area contributed by atoms with Crippen molar-refractivity contribution in [3.8, 4) is 17.0 Å². The number of β-amino-alcohol motifs (C(OH)–C–C–N with tert-alkyl or cyclic N) is 1. The van der Waals surface area contributed by atoms with E-state index in [0.717, 1.165) is 0 Å². The highest BCUT2D eigenvalue weighted by atomic mass is 35.5. The van der Waals surface area contributed by atoms with Gasteiger partial charge in [-0.1, -0.05) is 11.6 Å². The third-order valence-electron chi connectivity index (χ3n) is 7.45. The van der Waals surface area contributed by atoms with Crippen LogP contribution in [0.1, 0.15) is 33.8 Å². The zero-order chi connectivity index (χ0) is 30.1. The maximum Gasteiger partial charge on any atom is 0.291 e. The minimum Gasteiger partial charge on any atom is -0.494 e. The minimum absolute atomic E-state index is 0.0683. The molecule has 1 unspecified atom stereocenters. The molecule has 3 aromatic rings. The van der Waals surface area contributed by atoms with Crippen LogP contribution in [0.3, 0.4) is 0 Å². The lowest BCUT2D eigenvalue weighted by atomic mass is 10.1. The van der Waals surface area contributed by atoms with Gasteiger partial charge < -0.3 is 35.3 Å². The second kappa shape index (κ2) is 12.0. The fourth-order valence-electron chi connectivity index (χ4n) is 5.19. The van der Waals surface area contributed by atoms with Gasteiger partial charge in [-0.15, -0.1) is 0 Å². The summed E-state index contributed by atoms with van der Waals surface area (Å²) in [5.74, 6) is -3.75. The molecule has 0 radical (unpaired) electrons. The van der Waals surface area contributed by atoms with E-state index in [1.165, 1.54) is 55.3 Å². The Balaban J connectivity index is 1.21. The average molecular weight is 603 g/mol. The molecule has 2 aliphatic rings. The van der Waals surface area contributed by atoms with Crippen LogP contribution in [0.5, 0.6) is 5.75 Å². The summed E-state index contributed by atoms with van der Waals surface area (Å²) in [4.78, 5) is 44.3. The smallest absolute Gasteiger partial charge is 0.291 e. The van der Waals surface area contributed by atoms with E-state index in [2.05, 4.69) is 20.9 Å². The van der Waals surface area contributed by atoms with Crippen molar-refractivity contribution in [3.05, 3.63) is 64.6 Å². The van der Waals surface area contributed by atoms with E-state index >= 15 is 0 Å². The van der Waals surface area contributed by atoms with Crippen molar-refractivity contribution in [1.82, 2.24) is 25.1 Å². The van der Waals surface area contributed by atoms with E-state index in [4.69, 9.17) is 16.3 Å². The van der Waals surface area contributed by atoms with Gasteiger partial charge in [0.2, 0.25) is 11.7 Å². The SMILES string of the molecule is COc1ccc(-c2cnc(C(=O)Nc3ccc(C(=O)NC4CCN(C(=O)[C@@H]5C[C@@H](O)CN5)C4)c(Cl)c3)n2C)c(F)c1F. The van der Waals surface area contributed by atoms with Gasteiger partial charge in [0.05, 0.1) is 41.7 Å². The molecule has 1 aromatic heterocycles. The number of likely N-dealkylation sites (tertiary alicyclic amines) is 1. The standard InChI is InChI=1S/C28H29ClF2N6O5/c1-36-21(18-5-6-22(42-2)24(31)23(18)30)12-33-25(36)27(40)34-14-3-4-17(19(29)9-14)26(39)35-15-7-8-37(13-15)28(41)20-10-16(38)11-32-20/h3-6,9,12,15-16,20,32,38H,7-8,10-11,13H2,1-2H3,(H,34,40)(H,35,39)/t15?,16-,20+/m1/s1. The van der Waals surface area contributed by atoms with Gasteiger partial charge in [0, 0.05) is 44.0 Å². The fraction of sp³-hybridized carbons (Fsp3) is 0.357. The van der Waals surface area contributed by atoms with E-state index in [-0.39, 0.29) is 51.1 Å². The predicted molar refractivity (Wildman–Crippen MR) is 149 cm³/mol. The number of carbonyl (C=O) groups is 3. The number of imidazole rings is 1. The second-order valence-electron chi connectivity index (χ2n) is 10.2. The molecule has 11 nitrogen and oxygen atoms in total. The molecule has 3 amide bonds. The molecule has 2 aromatic carbocycles. The van der Waals surface area contributed by atoms with Gasteiger partial charge in [0.15, 0.2) is 17.4 Å². The number of halogens is 3. The van der Waals surface area contributed by atoms with Crippen molar-refractivity contribution in [2.24, 2.45) is 7.05 Å². The number of nitrogens with zero attached hydrogens (tertiary/aromatic N) is 3. The van der Waals surface area contributed by atoms with E-state index in [9.17, 15) is 28.3 Å². The quantitative estimate of drug-likeness (QED) is 0.326. The number of carbonyl (C=O) groups excluding carboxylic acids is 3. The van der Waals surface area contributed by atoms with Crippen molar-refractivity contribution < 1.29 is 33.0 Å². The topological polar surface area (TPSA) is 138 Å². The first-order valence-electron chi connectivity index (χ1n) is 13.2. The Morgan fingerprint density at radius 3 is 2.64 bits per heavy atom. The molecule has 2 aliphatic heterocycles. The highest BCUT2D eigenvalue weighted by Gasteiger charge is 2.35. The molecular weight excluding hydrogens is 574 g/mol. The Kier molecular flexibility index (Phi) is 8.43. The minimum atomic E-state index is -1.15. The number of hydrogen-bond acceptors (Lipinski definition) is 7. The largest absolute Gasteiger partial charge is 0.494 e. The number of methoxy groups -OCH3 is 1. The summed E-state index contributed by atoms with van der Waals surface area (Å²) >= 11 is 6.37. The first kappa shape index (κ1) is 29.4. The van der Waals surface area contributed by atoms with Crippen LogP contribution in [0.15, 0.2) is 36.5 Å². The molecular formula is C28H29ClF2N6O5. The Labute approximate surface area is 244 Å². The normalized spacial score (nSPS) is 20.0. The Hall–Kier alpha value is -4.07. The summed E-state index contributed by atoms with van der Waals surface area (Å²) in [6.45, 7) is 1.22. The second-order valence-corrected chi connectivity index (χ2v) is 10.6. The average Bonchev–Trinajstić information content (AvgIpc) is 3.70. The molecule has 0 saturated carbocycles. The van der Waals surface area contributed by atoms with Crippen LogP contribution in [-0.2, 0) is 11.8 Å². The van der Waals surface area contributed by atoms with Crippen LogP contribution in [0.2, 0.25) is 5.02 Å². The Bertz CT molecular complexity index is 1550. The van der Waals surface area contributed by atoms with E-state index in [1.54, 1.807) is 4.90 Å².